The van der Waals surface area contributed by atoms with E-state index in [-0.39, 0.29) is 5.82 Å². The fourth-order valence-corrected chi connectivity index (χ4v) is 2.35. The molecule has 0 fully saturated rings. The maximum Gasteiger partial charge on any atom is 0.137 e. The van der Waals surface area contributed by atoms with E-state index in [2.05, 4.69) is 29.8 Å². The molecule has 1 aromatic carbocycles. The van der Waals surface area contributed by atoms with Crippen molar-refractivity contribution in [3.63, 3.8) is 0 Å². The largest absolute Gasteiger partial charge is 0.206 e. The molecule has 0 bridgehead atoms. The third kappa shape index (κ3) is 3.46. The molecule has 0 radical (unpaired) electrons. The second-order valence-corrected chi connectivity index (χ2v) is 5.18. The predicted octanol–water partition coefficient (Wildman–Crippen LogP) is 4.64. The summed E-state index contributed by atoms with van der Waals surface area (Å²) < 4.78 is 13.8. The Bertz CT molecular complexity index is 325. The number of hydrogen-bond acceptors (Lipinski definition) is 0. The Morgan fingerprint density at radius 2 is 2.07 bits per heavy atom. The molecule has 84 valence electrons. The first-order valence-electron chi connectivity index (χ1n) is 5.05. The molecule has 0 amide bonds. The van der Waals surface area contributed by atoms with Gasteiger partial charge in [0.15, 0.2) is 0 Å². The molecule has 15 heavy (non-hydrogen) atoms. The number of halogens is 3. The Morgan fingerprint density at radius 1 is 1.40 bits per heavy atom. The van der Waals surface area contributed by atoms with Gasteiger partial charge in [-0.25, -0.2) is 4.39 Å². The lowest BCUT2D eigenvalue weighted by Gasteiger charge is -2.18. The van der Waals surface area contributed by atoms with Crippen LogP contribution in [0.3, 0.4) is 0 Å². The Morgan fingerprint density at radius 3 is 2.60 bits per heavy atom. The van der Waals surface area contributed by atoms with Crippen LogP contribution in [0.4, 0.5) is 4.39 Å². The van der Waals surface area contributed by atoms with E-state index < -0.39 is 0 Å². The summed E-state index contributed by atoms with van der Waals surface area (Å²) in [6, 6.07) is 5.13. The Balaban J connectivity index is 2.84. The van der Waals surface area contributed by atoms with Gasteiger partial charge in [-0.3, -0.25) is 0 Å². The van der Waals surface area contributed by atoms with E-state index in [0.29, 0.717) is 22.2 Å². The SMILES string of the molecule is CC(C)C(CCl)Cc1cccc(F)c1Br. The molecule has 0 heterocycles. The summed E-state index contributed by atoms with van der Waals surface area (Å²) in [7, 11) is 0. The molecule has 0 saturated heterocycles. The van der Waals surface area contributed by atoms with E-state index in [1.807, 2.05) is 6.07 Å². The fourth-order valence-electron chi connectivity index (χ4n) is 1.46. The molecule has 0 aliphatic heterocycles. The molecule has 0 aliphatic rings. The molecule has 0 aromatic heterocycles. The molecule has 1 unspecified atom stereocenters. The zero-order valence-electron chi connectivity index (χ0n) is 8.93. The highest BCUT2D eigenvalue weighted by Crippen LogP contribution is 2.26. The number of alkyl halides is 1. The summed E-state index contributed by atoms with van der Waals surface area (Å²) in [5.41, 5.74) is 0.995. The van der Waals surface area contributed by atoms with Gasteiger partial charge >= 0.3 is 0 Å². The van der Waals surface area contributed by atoms with E-state index in [1.165, 1.54) is 6.07 Å². The summed E-state index contributed by atoms with van der Waals surface area (Å²) in [5.74, 6) is 1.31. The van der Waals surface area contributed by atoms with Crippen molar-refractivity contribution < 1.29 is 4.39 Å². The smallest absolute Gasteiger partial charge is 0.137 e. The minimum absolute atomic E-state index is 0.204. The van der Waals surface area contributed by atoms with Crippen LogP contribution in [-0.4, -0.2) is 5.88 Å². The van der Waals surface area contributed by atoms with Crippen molar-refractivity contribution in [2.75, 3.05) is 5.88 Å². The molecular formula is C12H15BrClF. The highest BCUT2D eigenvalue weighted by atomic mass is 79.9. The Labute approximate surface area is 104 Å². The third-order valence-electron chi connectivity index (χ3n) is 2.65. The van der Waals surface area contributed by atoms with E-state index >= 15 is 0 Å². The molecule has 0 aliphatic carbocycles. The second kappa shape index (κ2) is 5.86. The van der Waals surface area contributed by atoms with E-state index in [1.54, 1.807) is 6.07 Å². The molecule has 3 heteroatoms. The van der Waals surface area contributed by atoms with Crippen molar-refractivity contribution >= 4 is 27.5 Å². The number of hydrogen-bond donors (Lipinski definition) is 0. The lowest BCUT2D eigenvalue weighted by atomic mass is 9.91. The molecule has 0 N–H and O–H groups in total. The molecule has 0 saturated carbocycles. The Hall–Kier alpha value is -0.0800. The van der Waals surface area contributed by atoms with Gasteiger partial charge in [0, 0.05) is 5.88 Å². The van der Waals surface area contributed by atoms with Crippen LogP contribution in [-0.2, 0) is 6.42 Å². The number of rotatable bonds is 4. The predicted molar refractivity (Wildman–Crippen MR) is 66.9 cm³/mol. The van der Waals surface area contributed by atoms with E-state index in [4.69, 9.17) is 11.6 Å². The van der Waals surface area contributed by atoms with Gasteiger partial charge in [-0.1, -0.05) is 26.0 Å². The molecular weight excluding hydrogens is 278 g/mol. The minimum atomic E-state index is -0.204. The van der Waals surface area contributed by atoms with Gasteiger partial charge in [0.2, 0.25) is 0 Å². The van der Waals surface area contributed by atoms with Crippen LogP contribution in [0, 0.1) is 17.7 Å². The quantitative estimate of drug-likeness (QED) is 0.709. The zero-order chi connectivity index (χ0) is 11.4. The summed E-state index contributed by atoms with van der Waals surface area (Å²) in [4.78, 5) is 0. The van der Waals surface area contributed by atoms with Crippen molar-refractivity contribution in [2.45, 2.75) is 20.3 Å². The third-order valence-corrected chi connectivity index (χ3v) is 3.94. The lowest BCUT2D eigenvalue weighted by Crippen LogP contribution is -2.14. The Kier molecular flexibility index (Phi) is 5.07. The minimum Gasteiger partial charge on any atom is -0.206 e. The van der Waals surface area contributed by atoms with Crippen LogP contribution in [0.25, 0.3) is 0 Å². The van der Waals surface area contributed by atoms with Crippen molar-refractivity contribution in [3.8, 4) is 0 Å². The first-order valence-corrected chi connectivity index (χ1v) is 6.37. The van der Waals surface area contributed by atoms with Gasteiger partial charge in [-0.05, 0) is 45.8 Å². The number of benzene rings is 1. The van der Waals surface area contributed by atoms with E-state index in [9.17, 15) is 4.39 Å². The first-order chi connectivity index (χ1) is 7.06. The fraction of sp³-hybridized carbons (Fsp3) is 0.500. The van der Waals surface area contributed by atoms with Crippen LogP contribution < -0.4 is 0 Å². The lowest BCUT2D eigenvalue weighted by molar-refractivity contribution is 0.421. The summed E-state index contributed by atoms with van der Waals surface area (Å²) >= 11 is 9.16. The van der Waals surface area contributed by atoms with Crippen LogP contribution in [0.5, 0.6) is 0 Å². The van der Waals surface area contributed by atoms with Crippen LogP contribution >= 0.6 is 27.5 Å². The molecule has 0 spiro atoms. The monoisotopic (exact) mass is 292 g/mol. The summed E-state index contributed by atoms with van der Waals surface area (Å²) in [6.45, 7) is 4.28. The molecule has 1 rings (SSSR count). The molecule has 0 nitrogen and oxygen atoms in total. The average Bonchev–Trinajstić information content (AvgIpc) is 2.19. The van der Waals surface area contributed by atoms with Crippen molar-refractivity contribution in [3.05, 3.63) is 34.1 Å². The highest BCUT2D eigenvalue weighted by Gasteiger charge is 2.15. The molecule has 1 atom stereocenters. The molecule has 1 aromatic rings. The summed E-state index contributed by atoms with van der Waals surface area (Å²) in [6.07, 6.45) is 0.819. The zero-order valence-corrected chi connectivity index (χ0v) is 11.3. The van der Waals surface area contributed by atoms with Gasteiger partial charge in [-0.15, -0.1) is 11.6 Å². The topological polar surface area (TPSA) is 0 Å². The maximum atomic E-state index is 13.3. The van der Waals surface area contributed by atoms with Gasteiger partial charge in [0.25, 0.3) is 0 Å². The van der Waals surface area contributed by atoms with Crippen LogP contribution in [0.15, 0.2) is 22.7 Å². The van der Waals surface area contributed by atoms with Gasteiger partial charge in [-0.2, -0.15) is 0 Å². The van der Waals surface area contributed by atoms with Crippen molar-refractivity contribution in [1.29, 1.82) is 0 Å². The maximum absolute atomic E-state index is 13.3. The first kappa shape index (κ1) is 13.0. The standard InChI is InChI=1S/C12H15BrClF/c1-8(2)10(7-14)6-9-4-3-5-11(15)12(9)13/h3-5,8,10H,6-7H2,1-2H3. The van der Waals surface area contributed by atoms with Crippen molar-refractivity contribution in [2.24, 2.45) is 11.8 Å². The second-order valence-electron chi connectivity index (χ2n) is 4.08. The van der Waals surface area contributed by atoms with Crippen LogP contribution in [0.2, 0.25) is 0 Å². The highest BCUT2D eigenvalue weighted by molar-refractivity contribution is 9.10. The van der Waals surface area contributed by atoms with Gasteiger partial charge < -0.3 is 0 Å². The summed E-state index contributed by atoms with van der Waals surface area (Å²) in [5, 5.41) is 0. The van der Waals surface area contributed by atoms with Gasteiger partial charge in [0.05, 0.1) is 4.47 Å². The van der Waals surface area contributed by atoms with Gasteiger partial charge in [0.1, 0.15) is 5.82 Å². The van der Waals surface area contributed by atoms with Crippen LogP contribution in [0.1, 0.15) is 19.4 Å². The van der Waals surface area contributed by atoms with E-state index in [0.717, 1.165) is 12.0 Å². The van der Waals surface area contributed by atoms with Crippen molar-refractivity contribution in [1.82, 2.24) is 0 Å². The normalized spacial score (nSPS) is 13.2. The average molecular weight is 294 g/mol.